The Balaban J connectivity index is 2.97. The molecule has 0 fully saturated rings. The average Bonchev–Trinajstić information content (AvgIpc) is 2.09. The van der Waals surface area contributed by atoms with Crippen molar-refractivity contribution in [1.29, 1.82) is 0 Å². The Labute approximate surface area is 72.8 Å². The van der Waals surface area contributed by atoms with Crippen molar-refractivity contribution in [2.45, 2.75) is 13.3 Å². The maximum atomic E-state index is 8.77. The largest absolute Gasteiger partial charge is 0.496 e. The summed E-state index contributed by atoms with van der Waals surface area (Å²) in [5.74, 6) is 0.890. The van der Waals surface area contributed by atoms with Crippen molar-refractivity contribution < 1.29 is 9.84 Å². The third-order valence-electron chi connectivity index (χ3n) is 2.00. The van der Waals surface area contributed by atoms with E-state index in [1.165, 1.54) is 0 Å². The maximum absolute atomic E-state index is 8.77. The molecular formula is C10H14O2. The van der Waals surface area contributed by atoms with Gasteiger partial charge in [0.05, 0.1) is 7.11 Å². The summed E-state index contributed by atoms with van der Waals surface area (Å²) in [6.45, 7) is 2.19. The van der Waals surface area contributed by atoms with Crippen LogP contribution in [-0.2, 0) is 6.42 Å². The molecule has 1 aromatic rings. The summed E-state index contributed by atoms with van der Waals surface area (Å²) in [6.07, 6.45) is 0.697. The van der Waals surface area contributed by atoms with E-state index in [0.717, 1.165) is 16.9 Å². The van der Waals surface area contributed by atoms with Crippen molar-refractivity contribution >= 4 is 0 Å². The lowest BCUT2D eigenvalue weighted by atomic mass is 10.1. The van der Waals surface area contributed by atoms with Crippen LogP contribution >= 0.6 is 0 Å². The van der Waals surface area contributed by atoms with Gasteiger partial charge >= 0.3 is 0 Å². The molecule has 0 bridgehead atoms. The number of ether oxygens (including phenoxy) is 1. The van der Waals surface area contributed by atoms with Crippen LogP contribution in [0.5, 0.6) is 5.75 Å². The normalized spacial score (nSPS) is 9.92. The topological polar surface area (TPSA) is 29.5 Å². The van der Waals surface area contributed by atoms with E-state index in [2.05, 4.69) is 0 Å². The van der Waals surface area contributed by atoms with Crippen molar-refractivity contribution in [1.82, 2.24) is 0 Å². The SMILES string of the molecule is COc1cccc(CCO)c1C. The average molecular weight is 166 g/mol. The van der Waals surface area contributed by atoms with Gasteiger partial charge in [0.2, 0.25) is 0 Å². The number of rotatable bonds is 3. The standard InChI is InChI=1S/C10H14O2/c1-8-9(6-7-11)4-3-5-10(8)12-2/h3-5,11H,6-7H2,1-2H3. The first-order chi connectivity index (χ1) is 5.79. The van der Waals surface area contributed by atoms with Crippen LogP contribution in [0.15, 0.2) is 18.2 Å². The highest BCUT2D eigenvalue weighted by molar-refractivity contribution is 5.39. The Morgan fingerprint density at radius 2 is 2.17 bits per heavy atom. The van der Waals surface area contributed by atoms with Gasteiger partial charge in [-0.25, -0.2) is 0 Å². The van der Waals surface area contributed by atoms with Crippen LogP contribution < -0.4 is 4.74 Å². The highest BCUT2D eigenvalue weighted by atomic mass is 16.5. The molecule has 0 unspecified atom stereocenters. The molecule has 0 radical (unpaired) electrons. The van der Waals surface area contributed by atoms with E-state index in [1.807, 2.05) is 25.1 Å². The van der Waals surface area contributed by atoms with Crippen molar-refractivity contribution in [3.05, 3.63) is 29.3 Å². The lowest BCUT2D eigenvalue weighted by Crippen LogP contribution is -1.96. The summed E-state index contributed by atoms with van der Waals surface area (Å²) in [5.41, 5.74) is 2.27. The van der Waals surface area contributed by atoms with Crippen molar-refractivity contribution in [2.24, 2.45) is 0 Å². The molecule has 0 saturated heterocycles. The molecule has 1 N–H and O–H groups in total. The van der Waals surface area contributed by atoms with E-state index in [1.54, 1.807) is 7.11 Å². The first kappa shape index (κ1) is 9.07. The Morgan fingerprint density at radius 1 is 1.42 bits per heavy atom. The Hall–Kier alpha value is -1.02. The number of aliphatic hydroxyl groups is 1. The molecule has 0 atom stereocenters. The van der Waals surface area contributed by atoms with Gasteiger partial charge in [-0.15, -0.1) is 0 Å². The fourth-order valence-electron chi connectivity index (χ4n) is 1.27. The quantitative estimate of drug-likeness (QED) is 0.738. The molecule has 0 heterocycles. The molecule has 12 heavy (non-hydrogen) atoms. The second-order valence-corrected chi connectivity index (χ2v) is 2.72. The highest BCUT2D eigenvalue weighted by Gasteiger charge is 2.02. The van der Waals surface area contributed by atoms with Crippen LogP contribution in [0.4, 0.5) is 0 Å². The van der Waals surface area contributed by atoms with Crippen LogP contribution in [0.1, 0.15) is 11.1 Å². The molecule has 0 aliphatic heterocycles. The number of methoxy groups -OCH3 is 1. The second kappa shape index (κ2) is 4.12. The summed E-state index contributed by atoms with van der Waals surface area (Å²) < 4.78 is 5.15. The third-order valence-corrected chi connectivity index (χ3v) is 2.00. The van der Waals surface area contributed by atoms with Crippen molar-refractivity contribution in [3.8, 4) is 5.75 Å². The zero-order chi connectivity index (χ0) is 8.97. The number of aliphatic hydroxyl groups excluding tert-OH is 1. The fraction of sp³-hybridized carbons (Fsp3) is 0.400. The van der Waals surface area contributed by atoms with E-state index in [9.17, 15) is 0 Å². The Bertz CT molecular complexity index is 256. The summed E-state index contributed by atoms with van der Waals surface area (Å²) in [4.78, 5) is 0. The van der Waals surface area contributed by atoms with Crippen LogP contribution in [0, 0.1) is 6.92 Å². The van der Waals surface area contributed by atoms with Gasteiger partial charge in [0, 0.05) is 6.61 Å². The van der Waals surface area contributed by atoms with Gasteiger partial charge < -0.3 is 9.84 Å². The van der Waals surface area contributed by atoms with Crippen LogP contribution in [0.2, 0.25) is 0 Å². The van der Waals surface area contributed by atoms with Crippen molar-refractivity contribution in [3.63, 3.8) is 0 Å². The van der Waals surface area contributed by atoms with Gasteiger partial charge in [-0.1, -0.05) is 12.1 Å². The number of hydrogen-bond donors (Lipinski definition) is 1. The molecule has 0 aliphatic rings. The smallest absolute Gasteiger partial charge is 0.122 e. The minimum Gasteiger partial charge on any atom is -0.496 e. The van der Waals surface area contributed by atoms with Gasteiger partial charge in [0.15, 0.2) is 0 Å². The predicted molar refractivity (Wildman–Crippen MR) is 48.5 cm³/mol. The number of hydrogen-bond acceptors (Lipinski definition) is 2. The predicted octanol–water partition coefficient (Wildman–Crippen LogP) is 1.54. The molecule has 0 amide bonds. The Morgan fingerprint density at radius 3 is 2.75 bits per heavy atom. The lowest BCUT2D eigenvalue weighted by Gasteiger charge is -2.08. The van der Waals surface area contributed by atoms with Crippen LogP contribution in [0.3, 0.4) is 0 Å². The van der Waals surface area contributed by atoms with E-state index in [0.29, 0.717) is 6.42 Å². The van der Waals surface area contributed by atoms with Gasteiger partial charge in [0.1, 0.15) is 5.75 Å². The van der Waals surface area contributed by atoms with E-state index in [4.69, 9.17) is 9.84 Å². The monoisotopic (exact) mass is 166 g/mol. The molecule has 0 aromatic heterocycles. The minimum absolute atomic E-state index is 0.188. The number of benzene rings is 1. The first-order valence-corrected chi connectivity index (χ1v) is 4.03. The summed E-state index contributed by atoms with van der Waals surface area (Å²) in [7, 11) is 1.66. The molecule has 1 aromatic carbocycles. The zero-order valence-electron chi connectivity index (χ0n) is 7.50. The van der Waals surface area contributed by atoms with Gasteiger partial charge in [-0.05, 0) is 30.5 Å². The van der Waals surface area contributed by atoms with E-state index < -0.39 is 0 Å². The van der Waals surface area contributed by atoms with Gasteiger partial charge in [-0.3, -0.25) is 0 Å². The fourth-order valence-corrected chi connectivity index (χ4v) is 1.27. The van der Waals surface area contributed by atoms with Gasteiger partial charge in [0.25, 0.3) is 0 Å². The summed E-state index contributed by atoms with van der Waals surface area (Å²) in [6, 6.07) is 5.88. The molecule has 2 heteroatoms. The molecule has 1 rings (SSSR count). The second-order valence-electron chi connectivity index (χ2n) is 2.72. The summed E-state index contributed by atoms with van der Waals surface area (Å²) >= 11 is 0. The lowest BCUT2D eigenvalue weighted by molar-refractivity contribution is 0.299. The first-order valence-electron chi connectivity index (χ1n) is 4.03. The van der Waals surface area contributed by atoms with E-state index in [-0.39, 0.29) is 6.61 Å². The molecule has 2 nitrogen and oxygen atoms in total. The Kier molecular flexibility index (Phi) is 3.11. The molecular weight excluding hydrogens is 152 g/mol. The van der Waals surface area contributed by atoms with Gasteiger partial charge in [-0.2, -0.15) is 0 Å². The van der Waals surface area contributed by atoms with Crippen LogP contribution in [0.25, 0.3) is 0 Å². The van der Waals surface area contributed by atoms with E-state index >= 15 is 0 Å². The minimum atomic E-state index is 0.188. The van der Waals surface area contributed by atoms with Crippen molar-refractivity contribution in [2.75, 3.05) is 13.7 Å². The molecule has 0 aliphatic carbocycles. The molecule has 0 spiro atoms. The molecule has 66 valence electrons. The van der Waals surface area contributed by atoms with Crippen LogP contribution in [-0.4, -0.2) is 18.8 Å². The third kappa shape index (κ3) is 1.77. The summed E-state index contributed by atoms with van der Waals surface area (Å²) in [5, 5.41) is 8.77. The highest BCUT2D eigenvalue weighted by Crippen LogP contribution is 2.20. The zero-order valence-corrected chi connectivity index (χ0v) is 7.50. The molecule has 0 saturated carbocycles. The maximum Gasteiger partial charge on any atom is 0.122 e.